The molecule has 2 unspecified atom stereocenters. The highest BCUT2D eigenvalue weighted by Gasteiger charge is 2.44. The van der Waals surface area contributed by atoms with Gasteiger partial charge in [0.15, 0.2) is 23.1 Å². The lowest BCUT2D eigenvalue weighted by Gasteiger charge is -2.18. The van der Waals surface area contributed by atoms with Crippen molar-refractivity contribution in [2.45, 2.75) is 39.0 Å². The van der Waals surface area contributed by atoms with Crippen molar-refractivity contribution in [2.75, 3.05) is 13.2 Å². The molecule has 5 rings (SSSR count). The van der Waals surface area contributed by atoms with E-state index in [0.29, 0.717) is 36.5 Å². The average molecular weight is 378 g/mol. The number of nitrogens with one attached hydrogen (secondary N) is 1. The minimum atomic E-state index is 0.280. The van der Waals surface area contributed by atoms with Crippen LogP contribution >= 0.6 is 0 Å². The van der Waals surface area contributed by atoms with Crippen molar-refractivity contribution in [3.05, 3.63) is 59.0 Å². The van der Waals surface area contributed by atoms with Gasteiger partial charge in [0.05, 0.1) is 17.1 Å². The highest BCUT2D eigenvalue weighted by molar-refractivity contribution is 5.59. The highest BCUT2D eigenvalue weighted by Crippen LogP contribution is 2.53. The van der Waals surface area contributed by atoms with E-state index >= 15 is 0 Å². The lowest BCUT2D eigenvalue weighted by Crippen LogP contribution is -2.13. The Morgan fingerprint density at radius 1 is 1.18 bits per heavy atom. The van der Waals surface area contributed by atoms with E-state index in [1.165, 1.54) is 0 Å². The van der Waals surface area contributed by atoms with Gasteiger partial charge in [0, 0.05) is 24.2 Å². The van der Waals surface area contributed by atoms with Crippen LogP contribution in [0, 0.1) is 13.8 Å². The highest BCUT2D eigenvalue weighted by atomic mass is 16.6. The van der Waals surface area contributed by atoms with Crippen LogP contribution in [0.2, 0.25) is 0 Å². The van der Waals surface area contributed by atoms with Crippen molar-refractivity contribution in [2.24, 2.45) is 0 Å². The number of imidazole rings is 1. The van der Waals surface area contributed by atoms with Crippen LogP contribution in [-0.2, 0) is 9.47 Å². The van der Waals surface area contributed by atoms with Gasteiger partial charge in [0.25, 0.3) is 0 Å². The first-order valence-electron chi connectivity index (χ1n) is 9.53. The summed E-state index contributed by atoms with van der Waals surface area (Å²) < 4.78 is 13.4. The maximum atomic E-state index is 5.80. The molecule has 1 aliphatic heterocycles. The summed E-state index contributed by atoms with van der Waals surface area (Å²) in [5, 5.41) is 4.71. The van der Waals surface area contributed by atoms with E-state index in [9.17, 15) is 0 Å². The number of H-pyrrole nitrogens is 1. The number of aromatic nitrogens is 6. The largest absolute Gasteiger partial charge is 0.486 e. The number of ether oxygens (including phenoxy) is 2. The number of hydrogen-bond donors (Lipinski definition) is 1. The summed E-state index contributed by atoms with van der Waals surface area (Å²) in [4.78, 5) is 17.1. The number of nitrogens with zero attached hydrogens (tertiary/aromatic N) is 5. The van der Waals surface area contributed by atoms with Gasteiger partial charge < -0.3 is 14.5 Å². The van der Waals surface area contributed by atoms with Crippen LogP contribution in [0.4, 0.5) is 0 Å². The Morgan fingerprint density at radius 3 is 2.86 bits per heavy atom. The second-order valence-electron chi connectivity index (χ2n) is 7.20. The van der Waals surface area contributed by atoms with Crippen molar-refractivity contribution in [3.63, 3.8) is 0 Å². The summed E-state index contributed by atoms with van der Waals surface area (Å²) in [6.07, 6.45) is 8.60. The standard InChI is InChI=1S/C20H22N6O2/c1-4-5-16-17(28-7-6-27-16)19-22-10-15(23-19)13-8-14(13)18-24-20-12(3)21-9-11(2)26(20)25-18/h4-5,9-10,13-14H,6-8H2,1-3H3,(H,22,23)/b5-4-. The Morgan fingerprint density at radius 2 is 2.04 bits per heavy atom. The lowest BCUT2D eigenvalue weighted by atomic mass is 10.2. The maximum absolute atomic E-state index is 5.80. The van der Waals surface area contributed by atoms with Crippen LogP contribution in [0.25, 0.3) is 11.4 Å². The number of hydrogen-bond acceptors (Lipinski definition) is 6. The van der Waals surface area contributed by atoms with Crippen LogP contribution in [0.15, 0.2) is 30.3 Å². The molecule has 8 nitrogen and oxygen atoms in total. The molecule has 0 saturated heterocycles. The van der Waals surface area contributed by atoms with Gasteiger partial charge in [-0.05, 0) is 33.3 Å². The number of aromatic amines is 1. The molecule has 1 saturated carbocycles. The second-order valence-corrected chi connectivity index (χ2v) is 7.20. The first-order valence-corrected chi connectivity index (χ1v) is 9.53. The smallest absolute Gasteiger partial charge is 0.204 e. The fraction of sp³-hybridized carbons (Fsp3) is 0.400. The van der Waals surface area contributed by atoms with Crippen LogP contribution < -0.4 is 0 Å². The molecule has 2 aliphatic rings. The molecule has 2 atom stereocenters. The minimum absolute atomic E-state index is 0.280. The Hall–Kier alpha value is -3.16. The first kappa shape index (κ1) is 17.0. The van der Waals surface area contributed by atoms with E-state index in [2.05, 4.69) is 9.97 Å². The molecule has 144 valence electrons. The van der Waals surface area contributed by atoms with E-state index in [1.54, 1.807) is 0 Å². The fourth-order valence-electron chi connectivity index (χ4n) is 3.61. The fourth-order valence-corrected chi connectivity index (χ4v) is 3.61. The Bertz CT molecular complexity index is 1070. The monoisotopic (exact) mass is 378 g/mol. The summed E-state index contributed by atoms with van der Waals surface area (Å²) in [7, 11) is 0. The van der Waals surface area contributed by atoms with E-state index in [0.717, 1.165) is 35.0 Å². The van der Waals surface area contributed by atoms with Gasteiger partial charge in [-0.2, -0.15) is 5.10 Å². The average Bonchev–Trinajstić information content (AvgIpc) is 3.14. The molecule has 8 heteroatoms. The van der Waals surface area contributed by atoms with Crippen LogP contribution in [-0.4, -0.2) is 42.8 Å². The number of fused-ring (bicyclic) bond motifs is 1. The normalized spacial score (nSPS) is 22.0. The Kier molecular flexibility index (Phi) is 3.92. The zero-order chi connectivity index (χ0) is 19.3. The third kappa shape index (κ3) is 2.76. The minimum Gasteiger partial charge on any atom is -0.486 e. The summed E-state index contributed by atoms with van der Waals surface area (Å²) in [6.45, 7) is 6.97. The predicted octanol–water partition coefficient (Wildman–Crippen LogP) is 3.03. The molecule has 1 N–H and O–H groups in total. The van der Waals surface area contributed by atoms with E-state index < -0.39 is 0 Å². The van der Waals surface area contributed by atoms with Crippen molar-refractivity contribution in [3.8, 4) is 0 Å². The van der Waals surface area contributed by atoms with E-state index in [4.69, 9.17) is 24.5 Å². The zero-order valence-corrected chi connectivity index (χ0v) is 16.1. The molecule has 1 aliphatic carbocycles. The zero-order valence-electron chi connectivity index (χ0n) is 16.1. The van der Waals surface area contributed by atoms with Crippen LogP contribution in [0.1, 0.15) is 53.9 Å². The molecule has 28 heavy (non-hydrogen) atoms. The van der Waals surface area contributed by atoms with Crippen molar-refractivity contribution in [1.82, 2.24) is 29.5 Å². The maximum Gasteiger partial charge on any atom is 0.204 e. The molecular formula is C20H22N6O2. The van der Waals surface area contributed by atoms with Crippen molar-refractivity contribution >= 4 is 11.4 Å². The molecule has 3 aromatic rings. The lowest BCUT2D eigenvalue weighted by molar-refractivity contribution is 0.108. The molecule has 0 spiro atoms. The van der Waals surface area contributed by atoms with Crippen LogP contribution in [0.3, 0.4) is 0 Å². The van der Waals surface area contributed by atoms with Crippen LogP contribution in [0.5, 0.6) is 0 Å². The van der Waals surface area contributed by atoms with Gasteiger partial charge in [-0.3, -0.25) is 4.98 Å². The number of aryl methyl sites for hydroxylation is 2. The van der Waals surface area contributed by atoms with E-state index in [1.807, 2.05) is 49.8 Å². The molecule has 0 radical (unpaired) electrons. The third-order valence-electron chi connectivity index (χ3n) is 5.17. The summed E-state index contributed by atoms with van der Waals surface area (Å²) >= 11 is 0. The Balaban J connectivity index is 1.41. The molecule has 0 bridgehead atoms. The number of allylic oxidation sites excluding steroid dienone is 2. The van der Waals surface area contributed by atoms with Gasteiger partial charge >= 0.3 is 0 Å². The molecule has 0 amide bonds. The molecule has 4 heterocycles. The van der Waals surface area contributed by atoms with Gasteiger partial charge in [-0.25, -0.2) is 14.5 Å². The summed E-state index contributed by atoms with van der Waals surface area (Å²) in [5.41, 5.74) is 3.71. The molecule has 3 aromatic heterocycles. The van der Waals surface area contributed by atoms with Crippen molar-refractivity contribution in [1.29, 1.82) is 0 Å². The molecular weight excluding hydrogens is 356 g/mol. The quantitative estimate of drug-likeness (QED) is 0.750. The molecule has 0 aromatic carbocycles. The SMILES string of the molecule is C/C=C\C1=C(c2nc(C3CC3c3nc4c(C)ncc(C)n4n3)c[nH]2)OCCO1. The van der Waals surface area contributed by atoms with Crippen molar-refractivity contribution < 1.29 is 9.47 Å². The summed E-state index contributed by atoms with van der Waals surface area (Å²) in [6, 6.07) is 0. The third-order valence-corrected chi connectivity index (χ3v) is 5.17. The summed E-state index contributed by atoms with van der Waals surface area (Å²) in [5.74, 6) is 3.53. The van der Waals surface area contributed by atoms with Gasteiger partial charge in [-0.15, -0.1) is 0 Å². The predicted molar refractivity (Wildman–Crippen MR) is 103 cm³/mol. The van der Waals surface area contributed by atoms with Gasteiger partial charge in [0.2, 0.25) is 5.76 Å². The Labute approximate surface area is 162 Å². The topological polar surface area (TPSA) is 90.2 Å². The first-order chi connectivity index (χ1) is 13.7. The van der Waals surface area contributed by atoms with E-state index in [-0.39, 0.29) is 5.92 Å². The van der Waals surface area contributed by atoms with Gasteiger partial charge in [0.1, 0.15) is 13.2 Å². The number of rotatable bonds is 4. The molecule has 1 fully saturated rings. The van der Waals surface area contributed by atoms with Gasteiger partial charge in [-0.1, -0.05) is 6.08 Å². The second kappa shape index (κ2) is 6.47.